The summed E-state index contributed by atoms with van der Waals surface area (Å²) in [6.45, 7) is 0.00434. The molecule has 342 valence electrons. The lowest BCUT2D eigenvalue weighted by molar-refractivity contribution is -0.00527. The van der Waals surface area contributed by atoms with Gasteiger partial charge in [0.05, 0.1) is 11.0 Å². The number of benzene rings is 8. The van der Waals surface area contributed by atoms with E-state index in [9.17, 15) is 0 Å². The summed E-state index contributed by atoms with van der Waals surface area (Å²) in [5, 5.41) is 5.68. The van der Waals surface area contributed by atoms with E-state index in [-0.39, 0.29) is 12.3 Å². The van der Waals surface area contributed by atoms with Gasteiger partial charge in [0.2, 0.25) is 0 Å². The van der Waals surface area contributed by atoms with E-state index >= 15 is 0 Å². The van der Waals surface area contributed by atoms with Gasteiger partial charge in [-0.15, -0.1) is 0 Å². The Labute approximate surface area is 416 Å². The molecule has 0 N–H and O–H groups in total. The van der Waals surface area contributed by atoms with Gasteiger partial charge < -0.3 is 9.05 Å². The minimum atomic E-state index is 0.00434. The van der Waals surface area contributed by atoms with Crippen molar-refractivity contribution < 1.29 is 0 Å². The molecule has 20 rings (SSSR count). The van der Waals surface area contributed by atoms with Crippen LogP contribution in [0.3, 0.4) is 0 Å². The van der Waals surface area contributed by atoms with E-state index in [1.165, 1.54) is 182 Å². The van der Waals surface area contributed by atoms with Crippen LogP contribution in [0.1, 0.15) is 88.2 Å². The highest BCUT2D eigenvalue weighted by molar-refractivity contribution is 6.90. The van der Waals surface area contributed by atoms with Crippen molar-refractivity contribution in [3.63, 3.8) is 0 Å². The van der Waals surface area contributed by atoms with Gasteiger partial charge in [-0.05, 0) is 239 Å². The van der Waals surface area contributed by atoms with Gasteiger partial charge in [-0.25, -0.2) is 0 Å². The number of aromatic nitrogens is 2. The molecule has 71 heavy (non-hydrogen) atoms. The van der Waals surface area contributed by atoms with Gasteiger partial charge in [-0.2, -0.15) is 0 Å². The largest absolute Gasteiger partial charge is 0.375 e. The number of hydrogen-bond acceptors (Lipinski definition) is 0. The van der Waals surface area contributed by atoms with Gasteiger partial charge in [0.15, 0.2) is 0 Å². The van der Waals surface area contributed by atoms with E-state index in [0.717, 1.165) is 35.5 Å². The zero-order valence-corrected chi connectivity index (χ0v) is 40.5. The van der Waals surface area contributed by atoms with Crippen molar-refractivity contribution in [1.29, 1.82) is 0 Å². The minimum absolute atomic E-state index is 0.00434. The molecule has 0 saturated heterocycles. The fraction of sp³-hybridized carbons (Fsp3) is 0.294. The smallest absolute Gasteiger partial charge is 0.333 e. The first-order valence-corrected chi connectivity index (χ1v) is 27.6. The average Bonchev–Trinajstić information content (AvgIpc) is 3.93. The Morgan fingerprint density at radius 3 is 1.46 bits per heavy atom. The molecule has 2 aromatic heterocycles. The highest BCUT2D eigenvalue weighted by Crippen LogP contribution is 2.63. The van der Waals surface area contributed by atoms with Crippen LogP contribution >= 0.6 is 0 Å². The number of rotatable bonds is 5. The molecule has 3 heteroatoms. The molecular formula is C68H57BN2. The maximum atomic E-state index is 2.89. The molecule has 10 aliphatic rings. The van der Waals surface area contributed by atoms with Gasteiger partial charge in [-0.1, -0.05) is 109 Å². The van der Waals surface area contributed by atoms with Crippen molar-refractivity contribution in [2.45, 2.75) is 87.9 Å². The lowest BCUT2D eigenvalue weighted by Gasteiger charge is -2.57. The van der Waals surface area contributed by atoms with Gasteiger partial charge in [0, 0.05) is 43.8 Å². The third kappa shape index (κ3) is 5.25. The van der Waals surface area contributed by atoms with E-state index in [4.69, 9.17) is 0 Å². The summed E-state index contributed by atoms with van der Waals surface area (Å²) < 4.78 is 5.59. The first kappa shape index (κ1) is 39.1. The molecule has 2 aliphatic heterocycles. The summed E-state index contributed by atoms with van der Waals surface area (Å²) in [6.07, 6.45) is 17.1. The third-order valence-electron chi connectivity index (χ3n) is 20.9. The van der Waals surface area contributed by atoms with E-state index in [0.29, 0.717) is 5.41 Å². The van der Waals surface area contributed by atoms with Crippen LogP contribution in [0.4, 0.5) is 0 Å². The first-order valence-electron chi connectivity index (χ1n) is 27.6. The molecule has 8 fully saturated rings. The number of hydrogen-bond donors (Lipinski definition) is 0. The number of nitrogens with zero attached hydrogens (tertiary/aromatic N) is 2. The van der Waals surface area contributed by atoms with Gasteiger partial charge in [0.1, 0.15) is 0 Å². The lowest BCUT2D eigenvalue weighted by atomic mass is 9.45. The van der Waals surface area contributed by atoms with E-state index in [1.807, 2.05) is 0 Å². The lowest BCUT2D eigenvalue weighted by Crippen LogP contribution is -2.55. The summed E-state index contributed by atoms with van der Waals surface area (Å²) in [4.78, 5) is 0. The molecule has 10 aromatic rings. The molecule has 0 atom stereocenters. The van der Waals surface area contributed by atoms with E-state index < -0.39 is 0 Å². The van der Waals surface area contributed by atoms with Crippen LogP contribution in [0.15, 0.2) is 164 Å². The summed E-state index contributed by atoms with van der Waals surface area (Å²) in [5.74, 6) is 5.41. The third-order valence-corrected chi connectivity index (χ3v) is 20.9. The zero-order chi connectivity index (χ0) is 45.9. The first-order chi connectivity index (χ1) is 35.0. The van der Waals surface area contributed by atoms with E-state index in [2.05, 4.69) is 173 Å². The van der Waals surface area contributed by atoms with Crippen molar-refractivity contribution in [2.24, 2.45) is 35.5 Å². The van der Waals surface area contributed by atoms with Crippen LogP contribution in [-0.4, -0.2) is 15.9 Å². The summed E-state index contributed by atoms with van der Waals surface area (Å²) in [6, 6.07) is 64.8. The molecule has 4 heterocycles. The molecule has 8 aliphatic carbocycles. The van der Waals surface area contributed by atoms with Gasteiger partial charge >= 0.3 is 6.85 Å². The molecule has 8 saturated carbocycles. The van der Waals surface area contributed by atoms with Gasteiger partial charge in [-0.3, -0.25) is 0 Å². The molecule has 0 spiro atoms. The zero-order valence-electron chi connectivity index (χ0n) is 40.5. The molecule has 2 nitrogen and oxygen atoms in total. The predicted octanol–water partition coefficient (Wildman–Crippen LogP) is 15.8. The highest BCUT2D eigenvalue weighted by atomic mass is 15.0. The number of fused-ring (bicyclic) bond motifs is 10. The monoisotopic (exact) mass is 912 g/mol. The Morgan fingerprint density at radius 1 is 0.366 bits per heavy atom. The molecule has 0 unspecified atom stereocenters. The highest BCUT2D eigenvalue weighted by Gasteiger charge is 2.54. The van der Waals surface area contributed by atoms with Crippen molar-refractivity contribution in [3.05, 3.63) is 175 Å². The predicted molar refractivity (Wildman–Crippen MR) is 296 cm³/mol. The Balaban J connectivity index is 0.982. The van der Waals surface area contributed by atoms with Crippen LogP contribution < -0.4 is 10.9 Å². The SMILES string of the molecule is c1ccc(-c2cc3c4c(c2)-n2c5ccc(-c6ccccc6)cc5c5cc(-c6ccccc6)cc(c52)B4n2c4ccc(C56CC7CC(CC(C7)C5)C6)cc4c4cc(C56CC7CC(CC(C7)C5)C6)cc-3c42)cc1. The van der Waals surface area contributed by atoms with Crippen molar-refractivity contribution in [3.8, 4) is 50.2 Å². The Kier molecular flexibility index (Phi) is 7.53. The fourth-order valence-electron chi connectivity index (χ4n) is 19.0. The Hall–Kier alpha value is -6.58. The summed E-state index contributed by atoms with van der Waals surface area (Å²) in [5.41, 5.74) is 24.2. The molecule has 8 bridgehead atoms. The van der Waals surface area contributed by atoms with E-state index in [1.54, 1.807) is 11.1 Å². The fourth-order valence-corrected chi connectivity index (χ4v) is 19.0. The van der Waals surface area contributed by atoms with Crippen LogP contribution in [-0.2, 0) is 10.8 Å². The standard InChI is InChI=1S/C68H57BN2/c1-4-10-46(11-5-1)49-16-18-61-54(26-49)57-28-50(47-12-6-2-7-13-47)29-60-66(57)70(61)63-30-51(48-14-8-3-9-15-48)27-56-59-33-53(68-37-43-23-44(38-68)25-45(24-43)39-68)32-58-55-31-52(17-19-62(55)71(65(58)59)69(60)64(56)63)67-34-40-20-41(35-67)22-42(21-40)36-67/h1-19,26-33,40-45H,20-25,34-39H2. The average molecular weight is 913 g/mol. The Bertz CT molecular complexity index is 3880. The quantitative estimate of drug-likeness (QED) is 0.152. The normalized spacial score (nSPS) is 28.0. The second kappa shape index (κ2) is 13.7. The van der Waals surface area contributed by atoms with Gasteiger partial charge in [0.25, 0.3) is 0 Å². The van der Waals surface area contributed by atoms with Crippen LogP contribution in [0.2, 0.25) is 0 Å². The van der Waals surface area contributed by atoms with Crippen molar-refractivity contribution >= 4 is 61.4 Å². The van der Waals surface area contributed by atoms with Crippen LogP contribution in [0, 0.1) is 35.5 Å². The van der Waals surface area contributed by atoms with Crippen molar-refractivity contribution in [2.75, 3.05) is 0 Å². The minimum Gasteiger partial charge on any atom is -0.375 e. The van der Waals surface area contributed by atoms with Crippen LogP contribution in [0.25, 0.3) is 93.8 Å². The molecule has 0 amide bonds. The van der Waals surface area contributed by atoms with Crippen molar-refractivity contribution in [1.82, 2.24) is 9.05 Å². The summed E-state index contributed by atoms with van der Waals surface area (Å²) in [7, 11) is 0. The maximum absolute atomic E-state index is 2.89. The molecule has 0 radical (unpaired) electrons. The topological polar surface area (TPSA) is 9.86 Å². The Morgan fingerprint density at radius 2 is 0.859 bits per heavy atom. The molecular weight excluding hydrogens is 856 g/mol. The second-order valence-electron chi connectivity index (χ2n) is 24.9. The van der Waals surface area contributed by atoms with Crippen LogP contribution in [0.5, 0.6) is 0 Å². The second-order valence-corrected chi connectivity index (χ2v) is 24.9. The maximum Gasteiger partial charge on any atom is 0.333 e. The summed E-state index contributed by atoms with van der Waals surface area (Å²) >= 11 is 0. The molecule has 8 aromatic carbocycles.